The van der Waals surface area contributed by atoms with E-state index in [2.05, 4.69) is 11.4 Å². The first-order valence-corrected chi connectivity index (χ1v) is 6.13. The molecule has 0 aliphatic carbocycles. The van der Waals surface area contributed by atoms with E-state index in [1.807, 2.05) is 36.4 Å². The summed E-state index contributed by atoms with van der Waals surface area (Å²) in [5.74, 6) is -0.920. The molecule has 0 spiro atoms. The number of hydrogen-bond donors (Lipinski definition) is 1. The van der Waals surface area contributed by atoms with Crippen molar-refractivity contribution in [1.82, 2.24) is 0 Å². The molecule has 0 fully saturated rings. The van der Waals surface area contributed by atoms with Crippen molar-refractivity contribution in [2.75, 3.05) is 11.9 Å². The smallest absolute Gasteiger partial charge is 0.143 e. The van der Waals surface area contributed by atoms with Crippen LogP contribution in [0.2, 0.25) is 0 Å². The zero-order valence-corrected chi connectivity index (χ0v) is 10.7. The Morgan fingerprint density at radius 1 is 1.05 bits per heavy atom. The normalized spacial score (nSPS) is 11.2. The van der Waals surface area contributed by atoms with E-state index in [0.29, 0.717) is 12.2 Å². The lowest BCUT2D eigenvalue weighted by Gasteiger charge is -2.13. The number of benzene rings is 2. The molecule has 0 saturated heterocycles. The van der Waals surface area contributed by atoms with Gasteiger partial charge in [-0.3, -0.25) is 0 Å². The van der Waals surface area contributed by atoms with E-state index in [-0.39, 0.29) is 11.5 Å². The Morgan fingerprint density at radius 3 is 2.45 bits per heavy atom. The van der Waals surface area contributed by atoms with E-state index in [1.54, 1.807) is 6.07 Å². The first-order chi connectivity index (χ1) is 9.76. The van der Waals surface area contributed by atoms with Crippen LogP contribution in [0.4, 0.5) is 10.1 Å². The molecule has 1 N–H and O–H groups in total. The molecule has 2 aromatic rings. The van der Waals surface area contributed by atoms with Crippen LogP contribution in [0.25, 0.3) is 0 Å². The van der Waals surface area contributed by atoms with E-state index in [0.717, 1.165) is 5.56 Å². The van der Waals surface area contributed by atoms with Crippen molar-refractivity contribution in [3.05, 3.63) is 65.5 Å². The van der Waals surface area contributed by atoms with E-state index in [4.69, 9.17) is 5.26 Å². The Morgan fingerprint density at radius 2 is 1.80 bits per heavy atom. The molecular weight excluding hydrogens is 253 g/mol. The highest BCUT2D eigenvalue weighted by Gasteiger charge is 2.12. The van der Waals surface area contributed by atoms with Crippen molar-refractivity contribution >= 4 is 5.69 Å². The van der Waals surface area contributed by atoms with Gasteiger partial charge in [0.1, 0.15) is 17.4 Å². The van der Waals surface area contributed by atoms with Gasteiger partial charge in [0.15, 0.2) is 0 Å². The number of anilines is 1. The Balaban J connectivity index is 2.15. The number of hydrogen-bond acceptors (Lipinski definition) is 3. The highest BCUT2D eigenvalue weighted by molar-refractivity contribution is 5.58. The highest BCUT2D eigenvalue weighted by Crippen LogP contribution is 2.20. The highest BCUT2D eigenvalue weighted by atomic mass is 19.1. The van der Waals surface area contributed by atoms with E-state index in [9.17, 15) is 9.65 Å². The fourth-order valence-electron chi connectivity index (χ4n) is 1.92. The van der Waals surface area contributed by atoms with Crippen LogP contribution in [0.5, 0.6) is 0 Å². The van der Waals surface area contributed by atoms with Crippen molar-refractivity contribution in [2.45, 2.75) is 5.92 Å². The van der Waals surface area contributed by atoms with E-state index in [1.165, 1.54) is 12.1 Å². The SMILES string of the molecule is N#Cc1c(F)cccc1NCC(C#N)c1ccccc1. The minimum Gasteiger partial charge on any atom is -0.382 e. The van der Waals surface area contributed by atoms with Gasteiger partial charge in [0.2, 0.25) is 0 Å². The van der Waals surface area contributed by atoms with Crippen molar-refractivity contribution in [1.29, 1.82) is 10.5 Å². The zero-order valence-electron chi connectivity index (χ0n) is 10.7. The average molecular weight is 265 g/mol. The summed E-state index contributed by atoms with van der Waals surface area (Å²) in [6.45, 7) is 0.318. The maximum Gasteiger partial charge on any atom is 0.143 e. The summed E-state index contributed by atoms with van der Waals surface area (Å²) in [6, 6.07) is 17.8. The lowest BCUT2D eigenvalue weighted by molar-refractivity contribution is 0.624. The molecule has 0 aliphatic heterocycles. The molecule has 0 aliphatic rings. The van der Waals surface area contributed by atoms with Crippen LogP contribution in [0.1, 0.15) is 17.0 Å². The van der Waals surface area contributed by atoms with Gasteiger partial charge in [0, 0.05) is 6.54 Å². The van der Waals surface area contributed by atoms with Gasteiger partial charge >= 0.3 is 0 Å². The lowest BCUT2D eigenvalue weighted by Crippen LogP contribution is -2.12. The first kappa shape index (κ1) is 13.6. The van der Waals surface area contributed by atoms with Crippen molar-refractivity contribution in [3.63, 3.8) is 0 Å². The van der Waals surface area contributed by atoms with Crippen LogP contribution in [-0.2, 0) is 0 Å². The van der Waals surface area contributed by atoms with Gasteiger partial charge in [-0.2, -0.15) is 10.5 Å². The Labute approximate surface area is 116 Å². The number of nitrogens with zero attached hydrogens (tertiary/aromatic N) is 2. The van der Waals surface area contributed by atoms with Gasteiger partial charge in [-0.15, -0.1) is 0 Å². The van der Waals surface area contributed by atoms with Gasteiger partial charge in [-0.05, 0) is 17.7 Å². The number of nitriles is 2. The molecule has 20 heavy (non-hydrogen) atoms. The van der Waals surface area contributed by atoms with Crippen LogP contribution in [0, 0.1) is 28.5 Å². The van der Waals surface area contributed by atoms with Crippen LogP contribution in [0.3, 0.4) is 0 Å². The zero-order chi connectivity index (χ0) is 14.4. The molecule has 4 heteroatoms. The molecule has 0 heterocycles. The largest absolute Gasteiger partial charge is 0.382 e. The van der Waals surface area contributed by atoms with Crippen LogP contribution >= 0.6 is 0 Å². The van der Waals surface area contributed by atoms with Crippen LogP contribution < -0.4 is 5.32 Å². The third kappa shape index (κ3) is 2.93. The van der Waals surface area contributed by atoms with Gasteiger partial charge in [-0.1, -0.05) is 36.4 Å². The second-order valence-corrected chi connectivity index (χ2v) is 4.25. The second-order valence-electron chi connectivity index (χ2n) is 4.25. The van der Waals surface area contributed by atoms with Gasteiger partial charge in [-0.25, -0.2) is 4.39 Å². The average Bonchev–Trinajstić information content (AvgIpc) is 2.49. The Kier molecular flexibility index (Phi) is 4.32. The Bertz CT molecular complexity index is 668. The third-order valence-electron chi connectivity index (χ3n) is 2.98. The summed E-state index contributed by atoms with van der Waals surface area (Å²) in [7, 11) is 0. The molecule has 0 radical (unpaired) electrons. The summed E-state index contributed by atoms with van der Waals surface area (Å²) < 4.78 is 13.5. The lowest BCUT2D eigenvalue weighted by atomic mass is 10.0. The minimum atomic E-state index is -0.564. The molecular formula is C16H12FN3. The summed E-state index contributed by atoms with van der Waals surface area (Å²) in [5, 5.41) is 21.1. The molecule has 0 aromatic heterocycles. The molecule has 3 nitrogen and oxygen atoms in total. The summed E-state index contributed by atoms with van der Waals surface area (Å²) in [5.41, 5.74) is 1.26. The summed E-state index contributed by atoms with van der Waals surface area (Å²) >= 11 is 0. The quantitative estimate of drug-likeness (QED) is 0.921. The van der Waals surface area contributed by atoms with Gasteiger partial charge < -0.3 is 5.32 Å². The first-order valence-electron chi connectivity index (χ1n) is 6.13. The van der Waals surface area contributed by atoms with Gasteiger partial charge in [0.05, 0.1) is 17.7 Å². The third-order valence-corrected chi connectivity index (χ3v) is 2.98. The monoisotopic (exact) mass is 265 g/mol. The van der Waals surface area contributed by atoms with Crippen LogP contribution in [-0.4, -0.2) is 6.54 Å². The molecule has 2 aromatic carbocycles. The summed E-state index contributed by atoms with van der Waals surface area (Å²) in [4.78, 5) is 0. The van der Waals surface area contributed by atoms with E-state index >= 15 is 0 Å². The molecule has 0 saturated carbocycles. The molecule has 98 valence electrons. The molecule has 1 atom stereocenters. The summed E-state index contributed by atoms with van der Waals surface area (Å²) in [6.07, 6.45) is 0. The minimum absolute atomic E-state index is 0.0303. The standard InChI is InChI=1S/C16H12FN3/c17-15-7-4-8-16(14(15)10-19)20-11-13(9-18)12-5-2-1-3-6-12/h1-8,13,20H,11H2. The predicted octanol–water partition coefficient (Wildman–Crippen LogP) is 3.42. The maximum absolute atomic E-state index is 13.5. The number of nitrogens with one attached hydrogen (secondary N) is 1. The fourth-order valence-corrected chi connectivity index (χ4v) is 1.92. The molecule has 2 rings (SSSR count). The number of halogens is 1. The molecule has 0 amide bonds. The number of rotatable bonds is 4. The maximum atomic E-state index is 13.5. The Hall–Kier alpha value is -2.85. The van der Waals surface area contributed by atoms with Crippen LogP contribution in [0.15, 0.2) is 48.5 Å². The van der Waals surface area contributed by atoms with E-state index < -0.39 is 5.82 Å². The second kappa shape index (κ2) is 6.36. The van der Waals surface area contributed by atoms with Crippen molar-refractivity contribution < 1.29 is 4.39 Å². The predicted molar refractivity (Wildman–Crippen MR) is 74.4 cm³/mol. The fraction of sp³-hybridized carbons (Fsp3) is 0.125. The molecule has 1 unspecified atom stereocenters. The topological polar surface area (TPSA) is 59.6 Å². The van der Waals surface area contributed by atoms with Gasteiger partial charge in [0.25, 0.3) is 0 Å². The molecule has 0 bridgehead atoms. The van der Waals surface area contributed by atoms with Crippen molar-refractivity contribution in [2.24, 2.45) is 0 Å². The van der Waals surface area contributed by atoms with Crippen molar-refractivity contribution in [3.8, 4) is 12.1 Å².